The van der Waals surface area contributed by atoms with Crippen molar-refractivity contribution < 1.29 is 45.2 Å². The quantitative estimate of drug-likeness (QED) is 0.0674. The molecule has 1 aliphatic heterocycles. The van der Waals surface area contributed by atoms with Gasteiger partial charge in [-0.2, -0.15) is 0 Å². The molecule has 0 radical (unpaired) electrons. The molecule has 10 aromatic rings. The summed E-state index contributed by atoms with van der Waals surface area (Å²) in [6.45, 7) is 0. The van der Waals surface area contributed by atoms with E-state index in [0.29, 0.717) is 0 Å². The second kappa shape index (κ2) is 25.0. The zero-order valence-corrected chi connectivity index (χ0v) is 46.9. The van der Waals surface area contributed by atoms with Crippen LogP contribution in [0.15, 0.2) is 326 Å². The lowest BCUT2D eigenvalue weighted by Crippen LogP contribution is -2.11. The Bertz CT molecular complexity index is 3040. The van der Waals surface area contributed by atoms with Gasteiger partial charge in [0.05, 0.1) is 0 Å². The van der Waals surface area contributed by atoms with Crippen LogP contribution in [0.2, 0.25) is 0 Å². The maximum Gasteiger partial charge on any atom is 0.460 e. The van der Waals surface area contributed by atoms with Gasteiger partial charge >= 0.3 is 38.3 Å². The molecule has 0 saturated carbocycles. The molecule has 400 valence electrons. The number of hydrogen-bond acceptors (Lipinski definition) is 15. The Morgan fingerprint density at radius 1 is 0.138 bits per heavy atom. The first-order chi connectivity index (χ1) is 39.3. The van der Waals surface area contributed by atoms with Gasteiger partial charge in [-0.25, -0.2) is 0 Å². The van der Waals surface area contributed by atoms with Gasteiger partial charge < -0.3 is 45.2 Å². The highest BCUT2D eigenvalue weighted by Gasteiger charge is 2.50. The minimum atomic E-state index is -4.75. The molecule has 11 rings (SSSR count). The zero-order valence-electron chi connectivity index (χ0n) is 42.4. The van der Waals surface area contributed by atoms with Crippen LogP contribution in [-0.4, -0.2) is 0 Å². The first-order valence-electron chi connectivity index (χ1n) is 25.0. The van der Waals surface area contributed by atoms with Crippen LogP contribution in [0.25, 0.3) is 0 Å². The van der Waals surface area contributed by atoms with E-state index in [1.54, 1.807) is 121 Å². The van der Waals surface area contributed by atoms with Crippen molar-refractivity contribution in [2.75, 3.05) is 0 Å². The number of benzene rings is 10. The van der Waals surface area contributed by atoms with Crippen molar-refractivity contribution in [3.8, 4) is 57.5 Å². The monoisotopic (exact) mass is 1160 g/mol. The maximum absolute atomic E-state index is 7.35. The molecule has 0 saturated heterocycles. The fourth-order valence-electron chi connectivity index (χ4n) is 7.45. The molecule has 80 heavy (non-hydrogen) atoms. The van der Waals surface area contributed by atoms with Gasteiger partial charge in [-0.15, -0.1) is 0 Å². The van der Waals surface area contributed by atoms with Crippen LogP contribution < -0.4 is 45.2 Å². The summed E-state index contributed by atoms with van der Waals surface area (Å²) in [6, 6.07) is 89.8. The fourth-order valence-corrected chi connectivity index (χ4v) is 22.6. The average molecular weight is 1160 g/mol. The highest BCUT2D eigenvalue weighted by molar-refractivity contribution is 7.79. The van der Waals surface area contributed by atoms with Gasteiger partial charge in [-0.3, -0.25) is 0 Å². The second-order valence-corrected chi connectivity index (χ2v) is 27.3. The molecule has 0 aliphatic carbocycles. The molecule has 0 atom stereocenters. The van der Waals surface area contributed by atoms with Gasteiger partial charge in [0.25, 0.3) is 0 Å². The number of nitrogens with zero attached hydrogens (tertiary/aromatic N) is 5. The van der Waals surface area contributed by atoms with Crippen molar-refractivity contribution >= 4 is 38.3 Å². The van der Waals surface area contributed by atoms with Gasteiger partial charge in [-0.1, -0.05) is 205 Å². The zero-order chi connectivity index (χ0) is 54.2. The van der Waals surface area contributed by atoms with E-state index in [0.717, 1.165) is 0 Å². The predicted octanol–water partition coefficient (Wildman–Crippen LogP) is 20.5. The Balaban J connectivity index is 1.43. The topological polar surface area (TPSA) is 154 Å². The van der Waals surface area contributed by atoms with Crippen LogP contribution in [-0.2, 0) is 0 Å². The molecule has 15 nitrogen and oxygen atoms in total. The Morgan fingerprint density at radius 3 is 0.312 bits per heavy atom. The third-order valence-electron chi connectivity index (χ3n) is 10.8. The summed E-state index contributed by atoms with van der Waals surface area (Å²) >= 11 is 0. The van der Waals surface area contributed by atoms with Gasteiger partial charge in [0, 0.05) is 0 Å². The third-order valence-corrected chi connectivity index (χ3v) is 24.3. The smallest absolute Gasteiger partial charge is 0.413 e. The molecule has 0 amide bonds. The third kappa shape index (κ3) is 14.1. The van der Waals surface area contributed by atoms with Crippen molar-refractivity contribution in [2.24, 2.45) is 22.6 Å². The Hall–Kier alpha value is -8.65. The lowest BCUT2D eigenvalue weighted by molar-refractivity contribution is 0.445. The Labute approximate surface area is 464 Å². The highest BCUT2D eigenvalue weighted by Crippen LogP contribution is 2.80. The van der Waals surface area contributed by atoms with Crippen molar-refractivity contribution in [2.45, 2.75) is 0 Å². The lowest BCUT2D eigenvalue weighted by Gasteiger charge is -2.33. The minimum absolute atomic E-state index is 0.269. The van der Waals surface area contributed by atoms with Crippen molar-refractivity contribution in [1.82, 2.24) is 0 Å². The standard InChI is InChI=1S/C60H50N5O10P5/c1-11-31-51(32-12-1)66-76(67-52-33-13-2-14-34-52)61-77(68-53-35-15-3-16-36-53,69-54-37-17-4-18-38-54)63-79(72-57-43-23-7-24-44-57,73-58-45-25-8-26-46-58)65-80(74-59-47-27-9-28-48-59,75-60-49-29-10-30-50-60)64-78(62-76,70-55-39-19-5-20-40-55)71-56-41-21-6-22-42-56/h1-50H. The molecule has 1 heterocycles. The van der Waals surface area contributed by atoms with Gasteiger partial charge in [0.15, 0.2) is 0 Å². The molecule has 0 aromatic heterocycles. The summed E-state index contributed by atoms with van der Waals surface area (Å²) in [5, 5.41) is 0. The van der Waals surface area contributed by atoms with Crippen LogP contribution >= 0.6 is 38.3 Å². The van der Waals surface area contributed by atoms with Crippen LogP contribution in [0.1, 0.15) is 0 Å². The Kier molecular flexibility index (Phi) is 16.7. The normalized spacial score (nSPS) is 15.2. The molecular weight excluding hydrogens is 1110 g/mol. The van der Waals surface area contributed by atoms with Crippen molar-refractivity contribution in [3.63, 3.8) is 0 Å². The Morgan fingerprint density at radius 2 is 0.225 bits per heavy atom. The summed E-state index contributed by atoms with van der Waals surface area (Å²) < 4.78 is 102. The van der Waals surface area contributed by atoms with E-state index in [1.807, 2.05) is 182 Å². The maximum atomic E-state index is 7.35. The van der Waals surface area contributed by atoms with Crippen LogP contribution in [0.4, 0.5) is 0 Å². The number of para-hydroxylation sites is 10. The van der Waals surface area contributed by atoms with E-state index in [2.05, 4.69) is 0 Å². The molecule has 10 aromatic carbocycles. The number of rotatable bonds is 20. The second-order valence-electron chi connectivity index (χ2n) is 16.9. The van der Waals surface area contributed by atoms with Crippen LogP contribution in [0.5, 0.6) is 57.5 Å². The molecule has 0 N–H and O–H groups in total. The van der Waals surface area contributed by atoms with Gasteiger partial charge in [0.1, 0.15) is 57.5 Å². The summed E-state index contributed by atoms with van der Waals surface area (Å²) in [5.41, 5.74) is 0. The molecule has 0 fully saturated rings. The van der Waals surface area contributed by atoms with E-state index in [9.17, 15) is 0 Å². The number of hydrogen-bond donors (Lipinski definition) is 0. The molecule has 0 spiro atoms. The summed E-state index contributed by atoms with van der Waals surface area (Å²) in [6.07, 6.45) is 0. The average Bonchev–Trinajstić information content (AvgIpc) is 3.53. The van der Waals surface area contributed by atoms with Gasteiger partial charge in [-0.05, 0) is 121 Å². The van der Waals surface area contributed by atoms with E-state index in [-0.39, 0.29) is 57.5 Å². The van der Waals surface area contributed by atoms with Gasteiger partial charge in [0.2, 0.25) is 0 Å². The SMILES string of the molecule is c1ccc(OP2(Oc3ccccc3)=NP(Oc3ccccc3)(Oc3ccccc3)=NP(Oc3ccccc3)(Oc3ccccc3)=NP(Oc3ccccc3)(Oc3ccccc3)=NP(Oc3ccccc3)(Oc3ccccc3)=N2)cc1. The predicted molar refractivity (Wildman–Crippen MR) is 317 cm³/mol. The van der Waals surface area contributed by atoms with Crippen molar-refractivity contribution in [1.29, 1.82) is 0 Å². The summed E-state index contributed by atoms with van der Waals surface area (Å²) in [7, 11) is -23.8. The first-order valence-corrected chi connectivity index (χ1v) is 32.6. The van der Waals surface area contributed by atoms with E-state index < -0.39 is 38.3 Å². The molecule has 0 unspecified atom stereocenters. The largest absolute Gasteiger partial charge is 0.460 e. The highest BCUT2D eigenvalue weighted by atomic mass is 31.3. The molecule has 0 bridgehead atoms. The van der Waals surface area contributed by atoms with E-state index in [4.69, 9.17) is 67.8 Å². The molecular formula is C60H50N5O10P5. The van der Waals surface area contributed by atoms with Crippen molar-refractivity contribution in [3.05, 3.63) is 303 Å². The van der Waals surface area contributed by atoms with E-state index >= 15 is 0 Å². The summed E-state index contributed by atoms with van der Waals surface area (Å²) in [5.74, 6) is 2.69. The molecule has 1 aliphatic rings. The van der Waals surface area contributed by atoms with Crippen LogP contribution in [0.3, 0.4) is 0 Å². The first kappa shape index (κ1) is 53.4. The minimum Gasteiger partial charge on any atom is -0.413 e. The lowest BCUT2D eigenvalue weighted by atomic mass is 10.3. The van der Waals surface area contributed by atoms with Crippen LogP contribution in [0, 0.1) is 0 Å². The summed E-state index contributed by atoms with van der Waals surface area (Å²) in [4.78, 5) is 0. The fraction of sp³-hybridized carbons (Fsp3) is 0. The molecule has 20 heteroatoms. The van der Waals surface area contributed by atoms with E-state index in [1.165, 1.54) is 0 Å².